The van der Waals surface area contributed by atoms with Crippen molar-refractivity contribution in [1.82, 2.24) is 5.32 Å². The maximum atomic E-state index is 13.3. The van der Waals surface area contributed by atoms with Gasteiger partial charge in [-0.3, -0.25) is 0 Å². The van der Waals surface area contributed by atoms with Gasteiger partial charge in [0.25, 0.3) is 6.43 Å². The van der Waals surface area contributed by atoms with Crippen molar-refractivity contribution < 1.29 is 17.8 Å². The largest absolute Gasteiger partial charge is 0.354 e. The van der Waals surface area contributed by atoms with Crippen LogP contribution in [-0.2, 0) is 42.0 Å². The number of halogens is 2. The molecular weight excluding hydrogens is 430 g/mol. The molecule has 3 aliphatic rings. The fraction of sp³-hybridized carbons (Fsp3) is 0.450. The molecule has 160 valence electrons. The first-order valence-electron chi connectivity index (χ1n) is 10.00. The highest BCUT2D eigenvalue weighted by atomic mass is 32.2. The third kappa shape index (κ3) is 3.35. The molecule has 2 amide bonds. The molecule has 4 N–H and O–H groups in total. The van der Waals surface area contributed by atoms with E-state index in [9.17, 15) is 17.8 Å². The number of alkyl halides is 2. The minimum Gasteiger partial charge on any atom is -0.305 e. The van der Waals surface area contributed by atoms with Gasteiger partial charge in [0.15, 0.2) is 9.92 Å². The van der Waals surface area contributed by atoms with E-state index in [2.05, 4.69) is 21.1 Å². The van der Waals surface area contributed by atoms with Crippen LogP contribution in [0.1, 0.15) is 45.2 Å². The summed E-state index contributed by atoms with van der Waals surface area (Å²) in [5.74, 6) is 0. The van der Waals surface area contributed by atoms with Gasteiger partial charge in [-0.1, -0.05) is 6.07 Å². The second kappa shape index (κ2) is 7.37. The number of rotatable bonds is 3. The Morgan fingerprint density at radius 3 is 2.70 bits per heavy atom. The summed E-state index contributed by atoms with van der Waals surface area (Å²) in [6, 6.07) is 1.76. The van der Waals surface area contributed by atoms with E-state index in [0.29, 0.717) is 23.4 Å². The third-order valence-corrected chi connectivity index (χ3v) is 9.21. The first-order valence-corrected chi connectivity index (χ1v) is 12.4. The van der Waals surface area contributed by atoms with Gasteiger partial charge in [-0.25, -0.2) is 22.9 Å². The fourth-order valence-corrected chi connectivity index (χ4v) is 7.09. The summed E-state index contributed by atoms with van der Waals surface area (Å²) in [5, 5.41) is 11.5. The lowest BCUT2D eigenvalue weighted by Gasteiger charge is -2.25. The second-order valence-electron chi connectivity index (χ2n) is 7.93. The van der Waals surface area contributed by atoms with Gasteiger partial charge in [0, 0.05) is 17.1 Å². The number of urea groups is 1. The number of anilines is 1. The molecule has 0 saturated carbocycles. The molecule has 0 fully saturated rings. The predicted octanol–water partition coefficient (Wildman–Crippen LogP) is 3.72. The number of hydrogen-bond donors (Lipinski definition) is 3. The highest BCUT2D eigenvalue weighted by Gasteiger charge is 2.31. The topological polar surface area (TPSA) is 96.6 Å². The zero-order valence-electron chi connectivity index (χ0n) is 16.2. The van der Waals surface area contributed by atoms with Crippen LogP contribution in [0.15, 0.2) is 20.7 Å². The molecular formula is C20H22F2N4O2S2. The number of carbonyl (C=O) groups is 1. The number of fused-ring (bicyclic) bond motifs is 3. The summed E-state index contributed by atoms with van der Waals surface area (Å²) in [7, 11) is -3.53. The Labute approximate surface area is 177 Å². The molecule has 5 rings (SSSR count). The number of thiophene rings is 1. The molecule has 0 bridgehead atoms. The summed E-state index contributed by atoms with van der Waals surface area (Å²) in [5.41, 5.74) is 5.96. The summed E-state index contributed by atoms with van der Waals surface area (Å²) in [6.45, 7) is 0.412. The smallest absolute Gasteiger partial charge is 0.305 e. The molecule has 2 heterocycles. The SMILES string of the molecule is N[S@@](=O)(=NC(=O)Nc1c2c(cc3c1CC3)CCC2)c1cc2c(s1)CCN[C@H]2C(F)F. The van der Waals surface area contributed by atoms with Gasteiger partial charge in [0.1, 0.15) is 4.21 Å². The van der Waals surface area contributed by atoms with Crippen molar-refractivity contribution >= 4 is 33.0 Å². The Balaban J connectivity index is 1.45. The van der Waals surface area contributed by atoms with Crippen LogP contribution in [0.3, 0.4) is 0 Å². The molecule has 0 spiro atoms. The first-order chi connectivity index (χ1) is 14.3. The van der Waals surface area contributed by atoms with Crippen LogP contribution in [0, 0.1) is 0 Å². The maximum absolute atomic E-state index is 13.3. The van der Waals surface area contributed by atoms with Crippen molar-refractivity contribution in [3.8, 4) is 0 Å². The molecule has 2 aliphatic carbocycles. The standard InChI is InChI=1S/C20H22F2N4O2S2/c21-19(22)18-14-9-16(29-15(14)6-7-24-18)30(23,28)26-20(27)25-17-12-3-1-2-10(12)8-11-4-5-13(11)17/h8-9,18-19,24H,1-7H2,(H3,23,25,26,27,28)/t18-,30-/m1/s1. The number of hydrogen-bond acceptors (Lipinski definition) is 4. The predicted molar refractivity (Wildman–Crippen MR) is 113 cm³/mol. The number of nitrogens with zero attached hydrogens (tertiary/aromatic N) is 1. The van der Waals surface area contributed by atoms with Crippen molar-refractivity contribution in [1.29, 1.82) is 0 Å². The lowest BCUT2D eigenvalue weighted by Crippen LogP contribution is -2.33. The highest BCUT2D eigenvalue weighted by Crippen LogP contribution is 2.40. The van der Waals surface area contributed by atoms with Gasteiger partial charge < -0.3 is 10.6 Å². The Morgan fingerprint density at radius 2 is 1.97 bits per heavy atom. The van der Waals surface area contributed by atoms with Crippen LogP contribution < -0.4 is 15.8 Å². The summed E-state index contributed by atoms with van der Waals surface area (Å²) in [6.07, 6.45) is 2.80. The summed E-state index contributed by atoms with van der Waals surface area (Å²) < 4.78 is 43.5. The lowest BCUT2D eigenvalue weighted by atomic mass is 9.83. The fourth-order valence-electron chi connectivity index (χ4n) is 4.59. The summed E-state index contributed by atoms with van der Waals surface area (Å²) >= 11 is 1.10. The van der Waals surface area contributed by atoms with Crippen LogP contribution in [0.25, 0.3) is 0 Å². The van der Waals surface area contributed by atoms with Crippen molar-refractivity contribution in [2.75, 3.05) is 11.9 Å². The normalized spacial score (nSPS) is 21.3. The number of nitrogens with one attached hydrogen (secondary N) is 2. The van der Waals surface area contributed by atoms with Crippen LogP contribution >= 0.6 is 11.3 Å². The average Bonchev–Trinajstić information content (AvgIpc) is 3.30. The van der Waals surface area contributed by atoms with Crippen LogP contribution in [-0.4, -0.2) is 23.2 Å². The van der Waals surface area contributed by atoms with Gasteiger partial charge in [-0.15, -0.1) is 15.7 Å². The van der Waals surface area contributed by atoms with Crippen molar-refractivity contribution in [2.24, 2.45) is 9.50 Å². The number of aryl methyl sites for hydroxylation is 2. The lowest BCUT2D eigenvalue weighted by molar-refractivity contribution is 0.0958. The molecule has 6 nitrogen and oxygen atoms in total. The molecule has 0 saturated heterocycles. The molecule has 30 heavy (non-hydrogen) atoms. The van der Waals surface area contributed by atoms with Gasteiger partial charge in [0.05, 0.1) is 6.04 Å². The number of amides is 2. The van der Waals surface area contributed by atoms with Crippen LogP contribution in [0.4, 0.5) is 19.3 Å². The Morgan fingerprint density at radius 1 is 1.20 bits per heavy atom. The average molecular weight is 453 g/mol. The van der Waals surface area contributed by atoms with Gasteiger partial charge >= 0.3 is 6.03 Å². The zero-order chi connectivity index (χ0) is 21.0. The Bertz CT molecular complexity index is 1170. The molecule has 1 aromatic carbocycles. The van der Waals surface area contributed by atoms with Gasteiger partial charge in [-0.2, -0.15) is 0 Å². The van der Waals surface area contributed by atoms with Crippen LogP contribution in [0.2, 0.25) is 0 Å². The first kappa shape index (κ1) is 20.0. The van der Waals surface area contributed by atoms with Crippen LogP contribution in [0.5, 0.6) is 0 Å². The molecule has 0 unspecified atom stereocenters. The van der Waals surface area contributed by atoms with E-state index in [4.69, 9.17) is 5.14 Å². The monoisotopic (exact) mass is 452 g/mol. The van der Waals surface area contributed by atoms with E-state index in [0.717, 1.165) is 60.3 Å². The van der Waals surface area contributed by atoms with Crippen molar-refractivity contribution in [2.45, 2.75) is 55.2 Å². The van der Waals surface area contributed by atoms with E-state index >= 15 is 0 Å². The number of carbonyl (C=O) groups excluding carboxylic acids is 1. The minimum absolute atomic E-state index is 0.156. The van der Waals surface area contributed by atoms with E-state index in [-0.39, 0.29) is 4.21 Å². The number of nitrogens with two attached hydrogens (primary N) is 1. The van der Waals surface area contributed by atoms with Gasteiger partial charge in [0.2, 0.25) is 0 Å². The molecule has 1 aliphatic heterocycles. The maximum Gasteiger partial charge on any atom is 0.354 e. The minimum atomic E-state index is -3.53. The molecule has 2 aromatic rings. The Kier molecular flexibility index (Phi) is 4.92. The molecule has 10 heteroatoms. The summed E-state index contributed by atoms with van der Waals surface area (Å²) in [4.78, 5) is 13.4. The van der Waals surface area contributed by atoms with E-state index in [1.165, 1.54) is 17.2 Å². The molecule has 0 radical (unpaired) electrons. The third-order valence-electron chi connectivity index (χ3n) is 6.11. The van der Waals surface area contributed by atoms with E-state index in [1.54, 1.807) is 0 Å². The Hall–Kier alpha value is -1.88. The molecule has 1 aromatic heterocycles. The van der Waals surface area contributed by atoms with Crippen molar-refractivity contribution in [3.63, 3.8) is 0 Å². The van der Waals surface area contributed by atoms with E-state index < -0.39 is 28.4 Å². The van der Waals surface area contributed by atoms with E-state index in [1.807, 2.05) is 0 Å². The quantitative estimate of drug-likeness (QED) is 0.662. The highest BCUT2D eigenvalue weighted by molar-refractivity contribution is 7.93. The van der Waals surface area contributed by atoms with Gasteiger partial charge in [-0.05, 0) is 72.4 Å². The second-order valence-corrected chi connectivity index (χ2v) is 11.1. The van der Waals surface area contributed by atoms with Crippen molar-refractivity contribution in [3.05, 3.63) is 44.8 Å². The zero-order valence-corrected chi connectivity index (χ0v) is 17.8. The molecule has 2 atom stereocenters. The number of benzene rings is 1.